The third-order valence-corrected chi connectivity index (χ3v) is 2.96. The molecule has 1 aromatic carbocycles. The maximum atomic E-state index is 9.83. The first-order valence-electron chi connectivity index (χ1n) is 6.65. The van der Waals surface area contributed by atoms with Crippen LogP contribution in [0.4, 0.5) is 0 Å². The summed E-state index contributed by atoms with van der Waals surface area (Å²) in [5.74, 6) is 0.871. The van der Waals surface area contributed by atoms with Gasteiger partial charge in [0.05, 0.1) is 13.2 Å². The molecule has 1 aromatic rings. The Morgan fingerprint density at radius 2 is 1.89 bits per heavy atom. The van der Waals surface area contributed by atoms with Crippen LogP contribution in [0.15, 0.2) is 24.3 Å². The molecule has 18 heavy (non-hydrogen) atoms. The molecule has 1 rings (SSSR count). The van der Waals surface area contributed by atoms with E-state index in [1.165, 1.54) is 5.56 Å². The Balaban J connectivity index is 2.18. The summed E-state index contributed by atoms with van der Waals surface area (Å²) >= 11 is 0. The molecule has 1 unspecified atom stereocenters. The van der Waals surface area contributed by atoms with Crippen molar-refractivity contribution in [2.24, 2.45) is 0 Å². The number of hydrogen-bond acceptors (Lipinski definition) is 3. The fourth-order valence-electron chi connectivity index (χ4n) is 1.84. The highest BCUT2D eigenvalue weighted by atomic mass is 16.5. The lowest BCUT2D eigenvalue weighted by atomic mass is 10.0. The zero-order valence-corrected chi connectivity index (χ0v) is 11.4. The summed E-state index contributed by atoms with van der Waals surface area (Å²) in [4.78, 5) is 0. The Hall–Kier alpha value is -1.06. The van der Waals surface area contributed by atoms with Crippen molar-refractivity contribution in [2.75, 3.05) is 20.3 Å². The molecule has 0 bridgehead atoms. The zero-order valence-electron chi connectivity index (χ0n) is 11.4. The van der Waals surface area contributed by atoms with Gasteiger partial charge in [0, 0.05) is 13.2 Å². The van der Waals surface area contributed by atoms with Gasteiger partial charge in [0.25, 0.3) is 0 Å². The van der Waals surface area contributed by atoms with Gasteiger partial charge in [-0.2, -0.15) is 0 Å². The number of aliphatic hydroxyl groups excluding tert-OH is 1. The number of aryl methyl sites for hydroxylation is 1. The van der Waals surface area contributed by atoms with Gasteiger partial charge in [-0.3, -0.25) is 0 Å². The molecule has 0 saturated carbocycles. The summed E-state index contributed by atoms with van der Waals surface area (Å²) in [6.07, 6.45) is 3.22. The fourth-order valence-corrected chi connectivity index (χ4v) is 1.84. The minimum Gasteiger partial charge on any atom is -0.497 e. The van der Waals surface area contributed by atoms with Gasteiger partial charge in [-0.25, -0.2) is 0 Å². The molecule has 1 atom stereocenters. The van der Waals surface area contributed by atoms with E-state index in [4.69, 9.17) is 9.47 Å². The second-order valence-corrected chi connectivity index (χ2v) is 4.38. The van der Waals surface area contributed by atoms with Crippen molar-refractivity contribution < 1.29 is 14.6 Å². The zero-order chi connectivity index (χ0) is 13.2. The van der Waals surface area contributed by atoms with Crippen molar-refractivity contribution in [2.45, 2.75) is 38.7 Å². The van der Waals surface area contributed by atoms with Crippen molar-refractivity contribution in [3.63, 3.8) is 0 Å². The van der Waals surface area contributed by atoms with E-state index < -0.39 is 0 Å². The van der Waals surface area contributed by atoms with Gasteiger partial charge in [-0.1, -0.05) is 12.1 Å². The standard InChI is InChI=1S/C15H24O3/c1-3-18-12-4-5-14(16)9-6-13-7-10-15(17-2)11-8-13/h7-8,10-11,14,16H,3-6,9,12H2,1-2H3. The highest BCUT2D eigenvalue weighted by Gasteiger charge is 2.04. The van der Waals surface area contributed by atoms with E-state index in [2.05, 4.69) is 0 Å². The highest BCUT2D eigenvalue weighted by molar-refractivity contribution is 5.27. The van der Waals surface area contributed by atoms with Gasteiger partial charge in [-0.05, 0) is 50.3 Å². The molecule has 3 heteroatoms. The number of benzene rings is 1. The average molecular weight is 252 g/mol. The van der Waals surface area contributed by atoms with Crippen molar-refractivity contribution in [3.8, 4) is 5.75 Å². The number of rotatable bonds is 9. The molecule has 0 saturated heterocycles. The van der Waals surface area contributed by atoms with Crippen LogP contribution >= 0.6 is 0 Å². The molecule has 0 spiro atoms. The molecule has 0 fully saturated rings. The molecule has 0 aliphatic heterocycles. The van der Waals surface area contributed by atoms with Gasteiger partial charge in [0.15, 0.2) is 0 Å². The first kappa shape index (κ1) is 15.0. The molecule has 3 nitrogen and oxygen atoms in total. The molecular formula is C15H24O3. The van der Waals surface area contributed by atoms with Crippen molar-refractivity contribution in [3.05, 3.63) is 29.8 Å². The normalized spacial score (nSPS) is 12.4. The molecule has 1 N–H and O–H groups in total. The van der Waals surface area contributed by atoms with E-state index >= 15 is 0 Å². The van der Waals surface area contributed by atoms with Crippen LogP contribution < -0.4 is 4.74 Å². The molecule has 0 amide bonds. The summed E-state index contributed by atoms with van der Waals surface area (Å²) in [5, 5.41) is 9.83. The second-order valence-electron chi connectivity index (χ2n) is 4.38. The first-order chi connectivity index (χ1) is 8.76. The summed E-state index contributed by atoms with van der Waals surface area (Å²) in [7, 11) is 1.66. The van der Waals surface area contributed by atoms with E-state index in [0.717, 1.165) is 44.6 Å². The molecule has 0 heterocycles. The lowest BCUT2D eigenvalue weighted by Gasteiger charge is -2.10. The third-order valence-electron chi connectivity index (χ3n) is 2.96. The van der Waals surface area contributed by atoms with E-state index in [-0.39, 0.29) is 6.10 Å². The Morgan fingerprint density at radius 1 is 1.17 bits per heavy atom. The van der Waals surface area contributed by atoms with Crippen LogP contribution in [-0.4, -0.2) is 31.5 Å². The highest BCUT2D eigenvalue weighted by Crippen LogP contribution is 2.14. The smallest absolute Gasteiger partial charge is 0.118 e. The molecule has 0 aliphatic rings. The maximum absolute atomic E-state index is 9.83. The van der Waals surface area contributed by atoms with Crippen molar-refractivity contribution >= 4 is 0 Å². The largest absolute Gasteiger partial charge is 0.497 e. The van der Waals surface area contributed by atoms with Crippen LogP contribution in [0.1, 0.15) is 31.7 Å². The quantitative estimate of drug-likeness (QED) is 0.687. The SMILES string of the molecule is CCOCCCC(O)CCc1ccc(OC)cc1. The van der Waals surface area contributed by atoms with Crippen LogP contribution in [0, 0.1) is 0 Å². The lowest BCUT2D eigenvalue weighted by molar-refractivity contribution is 0.110. The summed E-state index contributed by atoms with van der Waals surface area (Å²) in [6, 6.07) is 8.01. The van der Waals surface area contributed by atoms with E-state index in [1.807, 2.05) is 31.2 Å². The second kappa shape index (κ2) is 8.95. The molecular weight excluding hydrogens is 228 g/mol. The Morgan fingerprint density at radius 3 is 2.50 bits per heavy atom. The minimum atomic E-state index is -0.229. The Labute approximate surface area is 110 Å². The number of methoxy groups -OCH3 is 1. The fraction of sp³-hybridized carbons (Fsp3) is 0.600. The summed E-state index contributed by atoms with van der Waals surface area (Å²) < 4.78 is 10.4. The van der Waals surface area contributed by atoms with Crippen LogP contribution in [0.5, 0.6) is 5.75 Å². The average Bonchev–Trinajstić information content (AvgIpc) is 2.42. The van der Waals surface area contributed by atoms with Crippen molar-refractivity contribution in [1.29, 1.82) is 0 Å². The van der Waals surface area contributed by atoms with Gasteiger partial charge in [0.1, 0.15) is 5.75 Å². The summed E-state index contributed by atoms with van der Waals surface area (Å²) in [5.41, 5.74) is 1.24. The van der Waals surface area contributed by atoms with Crippen LogP contribution in [0.3, 0.4) is 0 Å². The maximum Gasteiger partial charge on any atom is 0.118 e. The first-order valence-corrected chi connectivity index (χ1v) is 6.65. The minimum absolute atomic E-state index is 0.229. The molecule has 0 radical (unpaired) electrons. The predicted octanol–water partition coefficient (Wildman–Crippen LogP) is 2.81. The van der Waals surface area contributed by atoms with E-state index in [9.17, 15) is 5.11 Å². The van der Waals surface area contributed by atoms with Gasteiger partial charge >= 0.3 is 0 Å². The van der Waals surface area contributed by atoms with Gasteiger partial charge in [0.2, 0.25) is 0 Å². The van der Waals surface area contributed by atoms with Crippen LogP contribution in [0.25, 0.3) is 0 Å². The monoisotopic (exact) mass is 252 g/mol. The van der Waals surface area contributed by atoms with Crippen molar-refractivity contribution in [1.82, 2.24) is 0 Å². The number of ether oxygens (including phenoxy) is 2. The lowest BCUT2D eigenvalue weighted by Crippen LogP contribution is -2.09. The van der Waals surface area contributed by atoms with Gasteiger partial charge < -0.3 is 14.6 Å². The Kier molecular flexibility index (Phi) is 7.46. The summed E-state index contributed by atoms with van der Waals surface area (Å²) in [6.45, 7) is 3.48. The molecule has 102 valence electrons. The number of hydrogen-bond donors (Lipinski definition) is 1. The number of aliphatic hydroxyl groups is 1. The van der Waals surface area contributed by atoms with Crippen LogP contribution in [-0.2, 0) is 11.2 Å². The molecule has 0 aliphatic carbocycles. The third kappa shape index (κ3) is 6.03. The molecule has 0 aromatic heterocycles. The topological polar surface area (TPSA) is 38.7 Å². The van der Waals surface area contributed by atoms with E-state index in [1.54, 1.807) is 7.11 Å². The predicted molar refractivity (Wildman–Crippen MR) is 73.0 cm³/mol. The van der Waals surface area contributed by atoms with E-state index in [0.29, 0.717) is 0 Å². The Bertz CT molecular complexity index is 308. The van der Waals surface area contributed by atoms with Crippen LogP contribution in [0.2, 0.25) is 0 Å². The van der Waals surface area contributed by atoms with Gasteiger partial charge in [-0.15, -0.1) is 0 Å².